The molecule has 2 unspecified atom stereocenters. The first kappa shape index (κ1) is 10.6. The van der Waals surface area contributed by atoms with E-state index in [1.54, 1.807) is 12.0 Å². The molecule has 0 bridgehead atoms. The van der Waals surface area contributed by atoms with Crippen LogP contribution in [0.2, 0.25) is 0 Å². The van der Waals surface area contributed by atoms with E-state index in [1.165, 1.54) is 0 Å². The van der Waals surface area contributed by atoms with Crippen molar-refractivity contribution in [2.75, 3.05) is 25.6 Å². The van der Waals surface area contributed by atoms with Crippen molar-refractivity contribution in [3.05, 3.63) is 23.8 Å². The molecule has 2 atom stereocenters. The number of hydrogen-bond acceptors (Lipinski definition) is 3. The lowest BCUT2D eigenvalue weighted by molar-refractivity contribution is -0.120. The number of nitrogens with zero attached hydrogens (tertiary/aromatic N) is 1. The van der Waals surface area contributed by atoms with Gasteiger partial charge < -0.3 is 15.4 Å². The van der Waals surface area contributed by atoms with Crippen LogP contribution in [0.25, 0.3) is 0 Å². The van der Waals surface area contributed by atoms with Crippen molar-refractivity contribution in [3.63, 3.8) is 0 Å². The van der Waals surface area contributed by atoms with Gasteiger partial charge >= 0.3 is 0 Å². The number of anilines is 1. The number of benzene rings is 1. The molecule has 3 rings (SSSR count). The monoisotopic (exact) mass is 232 g/mol. The molecule has 1 aromatic carbocycles. The molecule has 2 N–H and O–H groups in total. The number of nitrogens with two attached hydrogens (primary N) is 1. The maximum Gasteiger partial charge on any atom is 0.237 e. The van der Waals surface area contributed by atoms with Gasteiger partial charge in [-0.1, -0.05) is 12.1 Å². The van der Waals surface area contributed by atoms with Gasteiger partial charge in [0.25, 0.3) is 0 Å². The van der Waals surface area contributed by atoms with Gasteiger partial charge in [-0.3, -0.25) is 4.79 Å². The Kier molecular flexibility index (Phi) is 2.01. The summed E-state index contributed by atoms with van der Waals surface area (Å²) < 4.78 is 5.34. The Morgan fingerprint density at radius 1 is 1.59 bits per heavy atom. The number of para-hydroxylation sites is 1. The molecule has 1 aliphatic heterocycles. The number of fused-ring (bicyclic) bond motifs is 2. The van der Waals surface area contributed by atoms with Crippen molar-refractivity contribution in [2.45, 2.75) is 11.8 Å². The fraction of sp³-hybridized carbons (Fsp3) is 0.462. The standard InChI is InChI=1S/C13H16N2O2/c1-15-11-9(4-3-5-10(11)17-2)13(12(15)16)6-8(13)7-14/h3-5,8H,6-7,14H2,1-2H3. The maximum atomic E-state index is 12.4. The molecule has 1 spiro atoms. The van der Waals surface area contributed by atoms with Crippen LogP contribution in [-0.2, 0) is 10.2 Å². The summed E-state index contributed by atoms with van der Waals surface area (Å²) in [4.78, 5) is 14.1. The van der Waals surface area contributed by atoms with Crippen LogP contribution < -0.4 is 15.4 Å². The highest BCUT2D eigenvalue weighted by Crippen LogP contribution is 2.62. The third-order valence-electron chi connectivity index (χ3n) is 4.11. The Hall–Kier alpha value is -1.55. The summed E-state index contributed by atoms with van der Waals surface area (Å²) in [6.07, 6.45) is 0.868. The lowest BCUT2D eigenvalue weighted by Gasteiger charge is -2.13. The summed E-state index contributed by atoms with van der Waals surface area (Å²) in [7, 11) is 3.44. The van der Waals surface area contributed by atoms with Gasteiger partial charge in [-0.05, 0) is 30.5 Å². The Morgan fingerprint density at radius 3 is 2.94 bits per heavy atom. The van der Waals surface area contributed by atoms with Gasteiger partial charge in [-0.2, -0.15) is 0 Å². The molecule has 90 valence electrons. The van der Waals surface area contributed by atoms with Crippen LogP contribution >= 0.6 is 0 Å². The fourth-order valence-corrected chi connectivity index (χ4v) is 3.12. The molecule has 4 heteroatoms. The van der Waals surface area contributed by atoms with E-state index in [0.29, 0.717) is 6.54 Å². The van der Waals surface area contributed by atoms with Gasteiger partial charge in [0.15, 0.2) is 0 Å². The minimum atomic E-state index is -0.354. The number of ether oxygens (including phenoxy) is 1. The largest absolute Gasteiger partial charge is 0.495 e. The molecule has 1 amide bonds. The van der Waals surface area contributed by atoms with E-state index in [9.17, 15) is 4.79 Å². The second kappa shape index (κ2) is 3.23. The number of hydrogen-bond donors (Lipinski definition) is 1. The zero-order valence-electron chi connectivity index (χ0n) is 10.1. The van der Waals surface area contributed by atoms with Crippen LogP contribution in [0.3, 0.4) is 0 Å². The SMILES string of the molecule is COc1cccc2c1N(C)C(=O)C21CC1CN. The molecule has 4 nitrogen and oxygen atoms in total. The molecule has 0 radical (unpaired) electrons. The van der Waals surface area contributed by atoms with Crippen LogP contribution in [0.15, 0.2) is 18.2 Å². The minimum Gasteiger partial charge on any atom is -0.495 e. The van der Waals surface area contributed by atoms with E-state index in [4.69, 9.17) is 10.5 Å². The number of amides is 1. The first-order valence-electron chi connectivity index (χ1n) is 5.82. The molecule has 1 heterocycles. The molecular weight excluding hydrogens is 216 g/mol. The van der Waals surface area contributed by atoms with Crippen molar-refractivity contribution in [3.8, 4) is 5.75 Å². The van der Waals surface area contributed by atoms with Crippen molar-refractivity contribution < 1.29 is 9.53 Å². The van der Waals surface area contributed by atoms with Crippen molar-refractivity contribution in [1.82, 2.24) is 0 Å². The molecule has 17 heavy (non-hydrogen) atoms. The van der Waals surface area contributed by atoms with Gasteiger partial charge in [0.1, 0.15) is 5.75 Å². The van der Waals surface area contributed by atoms with Crippen LogP contribution in [0.5, 0.6) is 5.75 Å². The Balaban J connectivity index is 2.19. The van der Waals surface area contributed by atoms with Crippen LogP contribution in [-0.4, -0.2) is 26.6 Å². The normalized spacial score (nSPS) is 29.7. The first-order valence-corrected chi connectivity index (χ1v) is 5.82. The number of rotatable bonds is 2. The lowest BCUT2D eigenvalue weighted by Crippen LogP contribution is -2.30. The van der Waals surface area contributed by atoms with E-state index < -0.39 is 0 Å². The molecule has 1 fully saturated rings. The quantitative estimate of drug-likeness (QED) is 0.823. The molecular formula is C13H16N2O2. The predicted molar refractivity (Wildman–Crippen MR) is 65.2 cm³/mol. The highest BCUT2D eigenvalue weighted by molar-refractivity contribution is 6.11. The second-order valence-corrected chi connectivity index (χ2v) is 4.83. The highest BCUT2D eigenvalue weighted by atomic mass is 16.5. The van der Waals surface area contributed by atoms with Crippen molar-refractivity contribution >= 4 is 11.6 Å². The van der Waals surface area contributed by atoms with E-state index in [2.05, 4.69) is 0 Å². The smallest absolute Gasteiger partial charge is 0.237 e. The second-order valence-electron chi connectivity index (χ2n) is 4.83. The van der Waals surface area contributed by atoms with Crippen LogP contribution in [0.4, 0.5) is 5.69 Å². The molecule has 1 aromatic rings. The van der Waals surface area contributed by atoms with E-state index in [-0.39, 0.29) is 17.2 Å². The van der Waals surface area contributed by atoms with E-state index in [0.717, 1.165) is 23.4 Å². The average molecular weight is 232 g/mol. The summed E-state index contributed by atoms with van der Waals surface area (Å²) >= 11 is 0. The lowest BCUT2D eigenvalue weighted by atomic mass is 9.94. The van der Waals surface area contributed by atoms with Gasteiger partial charge in [-0.15, -0.1) is 0 Å². The van der Waals surface area contributed by atoms with Crippen LogP contribution in [0, 0.1) is 5.92 Å². The van der Waals surface area contributed by atoms with Crippen LogP contribution in [0.1, 0.15) is 12.0 Å². The first-order chi connectivity index (χ1) is 8.16. The minimum absolute atomic E-state index is 0.160. The molecule has 2 aliphatic rings. The summed E-state index contributed by atoms with van der Waals surface area (Å²) in [6.45, 7) is 0.566. The van der Waals surface area contributed by atoms with Gasteiger partial charge in [-0.25, -0.2) is 0 Å². The third kappa shape index (κ3) is 1.08. The van der Waals surface area contributed by atoms with Crippen molar-refractivity contribution in [2.24, 2.45) is 11.7 Å². The van der Waals surface area contributed by atoms with Crippen molar-refractivity contribution in [1.29, 1.82) is 0 Å². The fourth-order valence-electron chi connectivity index (χ4n) is 3.12. The Labute approximate surface area is 100 Å². The number of carbonyl (C=O) groups excluding carboxylic acids is 1. The Morgan fingerprint density at radius 2 is 2.35 bits per heavy atom. The summed E-state index contributed by atoms with van der Waals surface area (Å²) in [5.74, 6) is 1.20. The van der Waals surface area contributed by atoms with Gasteiger partial charge in [0, 0.05) is 7.05 Å². The highest BCUT2D eigenvalue weighted by Gasteiger charge is 2.66. The molecule has 1 aliphatic carbocycles. The average Bonchev–Trinajstić information content (AvgIpc) is 3.07. The van der Waals surface area contributed by atoms with E-state index >= 15 is 0 Å². The molecule has 0 aromatic heterocycles. The summed E-state index contributed by atoms with van der Waals surface area (Å²) in [6, 6.07) is 5.86. The number of likely N-dealkylation sites (N-methyl/N-ethyl adjacent to an activating group) is 1. The maximum absolute atomic E-state index is 12.4. The summed E-state index contributed by atoms with van der Waals surface area (Å²) in [5, 5.41) is 0. The molecule has 0 saturated heterocycles. The van der Waals surface area contributed by atoms with E-state index in [1.807, 2.05) is 25.2 Å². The Bertz CT molecular complexity index is 500. The molecule has 1 saturated carbocycles. The topological polar surface area (TPSA) is 55.6 Å². The van der Waals surface area contributed by atoms with Gasteiger partial charge in [0.05, 0.1) is 18.2 Å². The zero-order chi connectivity index (χ0) is 12.2. The third-order valence-corrected chi connectivity index (χ3v) is 4.11. The number of carbonyl (C=O) groups is 1. The summed E-state index contributed by atoms with van der Waals surface area (Å²) in [5.41, 5.74) is 7.36. The zero-order valence-corrected chi connectivity index (χ0v) is 10.1. The number of methoxy groups -OCH3 is 1. The predicted octanol–water partition coefficient (Wildman–Crippen LogP) is 0.888. The van der Waals surface area contributed by atoms with Gasteiger partial charge in [0.2, 0.25) is 5.91 Å².